The molecule has 2 unspecified atom stereocenters. The molecule has 0 aliphatic rings. The van der Waals surface area contributed by atoms with Gasteiger partial charge in [0.1, 0.15) is 6.04 Å². The molecule has 1 aromatic rings. The first-order valence-electron chi connectivity index (χ1n) is 6.80. The van der Waals surface area contributed by atoms with E-state index in [1.165, 1.54) is 6.42 Å². The Morgan fingerprint density at radius 3 is 2.56 bits per heavy atom. The van der Waals surface area contributed by atoms with Crippen LogP contribution in [0.5, 0.6) is 0 Å². The number of hydrogen-bond acceptors (Lipinski definition) is 2. The lowest BCUT2D eigenvalue weighted by Crippen LogP contribution is -2.37. The zero-order valence-electron chi connectivity index (χ0n) is 11.9. The van der Waals surface area contributed by atoms with Crippen molar-refractivity contribution in [1.29, 1.82) is 0 Å². The minimum atomic E-state index is -0.243. The van der Waals surface area contributed by atoms with Crippen molar-refractivity contribution in [3.63, 3.8) is 0 Å². The molecule has 1 amide bonds. The van der Waals surface area contributed by atoms with Gasteiger partial charge in [-0.15, -0.1) is 0 Å². The molecule has 0 aliphatic heterocycles. The molecule has 2 atom stereocenters. The maximum Gasteiger partial charge on any atom is 0.244 e. The molecule has 0 aromatic carbocycles. The van der Waals surface area contributed by atoms with Crippen LogP contribution in [0.4, 0.5) is 0 Å². The summed E-state index contributed by atoms with van der Waals surface area (Å²) in [6, 6.07) is 1.82. The first-order chi connectivity index (χ1) is 8.50. The smallest absolute Gasteiger partial charge is 0.244 e. The predicted molar refractivity (Wildman–Crippen MR) is 73.2 cm³/mol. The minimum Gasteiger partial charge on any atom is -0.352 e. The van der Waals surface area contributed by atoms with Gasteiger partial charge in [-0.05, 0) is 32.3 Å². The first kappa shape index (κ1) is 14.7. The summed E-state index contributed by atoms with van der Waals surface area (Å²) in [5, 5.41) is 7.13. The summed E-state index contributed by atoms with van der Waals surface area (Å²) < 4.78 is 1.68. The Hall–Kier alpha value is -1.32. The topological polar surface area (TPSA) is 46.9 Å². The second-order valence-corrected chi connectivity index (χ2v) is 5.40. The molecule has 0 fully saturated rings. The second kappa shape index (κ2) is 7.19. The lowest BCUT2D eigenvalue weighted by molar-refractivity contribution is -0.124. The van der Waals surface area contributed by atoms with Crippen molar-refractivity contribution in [3.05, 3.63) is 18.5 Å². The van der Waals surface area contributed by atoms with E-state index in [-0.39, 0.29) is 18.0 Å². The molecule has 0 aliphatic carbocycles. The summed E-state index contributed by atoms with van der Waals surface area (Å²) in [7, 11) is 0. The third kappa shape index (κ3) is 4.90. The zero-order chi connectivity index (χ0) is 13.5. The Morgan fingerprint density at radius 1 is 1.28 bits per heavy atom. The molecule has 1 heterocycles. The molecular formula is C14H25N3O. The minimum absolute atomic E-state index is 0.0377. The number of nitrogens with zero attached hydrogens (tertiary/aromatic N) is 2. The second-order valence-electron chi connectivity index (χ2n) is 5.40. The van der Waals surface area contributed by atoms with Gasteiger partial charge in [0.15, 0.2) is 0 Å². The highest BCUT2D eigenvalue weighted by molar-refractivity contribution is 5.79. The van der Waals surface area contributed by atoms with Crippen LogP contribution in [-0.4, -0.2) is 21.7 Å². The molecule has 0 radical (unpaired) electrons. The zero-order valence-corrected chi connectivity index (χ0v) is 11.9. The summed E-state index contributed by atoms with van der Waals surface area (Å²) in [4.78, 5) is 12.0. The van der Waals surface area contributed by atoms with Gasteiger partial charge in [-0.1, -0.05) is 26.7 Å². The van der Waals surface area contributed by atoms with Crippen LogP contribution in [0.3, 0.4) is 0 Å². The lowest BCUT2D eigenvalue weighted by atomic mass is 10.0. The Balaban J connectivity index is 2.31. The monoisotopic (exact) mass is 251 g/mol. The largest absolute Gasteiger partial charge is 0.352 e. The Labute approximate surface area is 110 Å². The van der Waals surface area contributed by atoms with Crippen LogP contribution < -0.4 is 5.32 Å². The van der Waals surface area contributed by atoms with Crippen LogP contribution in [0.15, 0.2) is 18.5 Å². The van der Waals surface area contributed by atoms with Crippen LogP contribution in [0.1, 0.15) is 53.0 Å². The molecule has 0 spiro atoms. The molecular weight excluding hydrogens is 226 g/mol. The van der Waals surface area contributed by atoms with Gasteiger partial charge in [-0.2, -0.15) is 5.10 Å². The van der Waals surface area contributed by atoms with Crippen LogP contribution in [0, 0.1) is 5.92 Å². The van der Waals surface area contributed by atoms with E-state index >= 15 is 0 Å². The van der Waals surface area contributed by atoms with E-state index in [0.29, 0.717) is 0 Å². The fourth-order valence-electron chi connectivity index (χ4n) is 1.90. The van der Waals surface area contributed by atoms with Crippen molar-refractivity contribution < 1.29 is 4.79 Å². The maximum atomic E-state index is 12.0. The van der Waals surface area contributed by atoms with Crippen LogP contribution >= 0.6 is 0 Å². The summed E-state index contributed by atoms with van der Waals surface area (Å²) in [5.74, 6) is 0.770. The van der Waals surface area contributed by atoms with E-state index in [2.05, 4.69) is 31.2 Å². The summed E-state index contributed by atoms with van der Waals surface area (Å²) >= 11 is 0. The number of carbonyl (C=O) groups excluding carboxylic acids is 1. The molecule has 4 heteroatoms. The Morgan fingerprint density at radius 2 is 2.00 bits per heavy atom. The fourth-order valence-corrected chi connectivity index (χ4v) is 1.90. The number of aromatic nitrogens is 2. The molecule has 0 saturated carbocycles. The van der Waals surface area contributed by atoms with Crippen molar-refractivity contribution in [2.45, 2.75) is 59.0 Å². The SMILES string of the molecule is CC(C)CCCC(C)NC(=O)C(C)n1cccn1. The molecule has 18 heavy (non-hydrogen) atoms. The van der Waals surface area contributed by atoms with E-state index in [0.717, 1.165) is 18.8 Å². The quantitative estimate of drug-likeness (QED) is 0.810. The van der Waals surface area contributed by atoms with Gasteiger partial charge < -0.3 is 5.32 Å². The predicted octanol–water partition coefficient (Wildman–Crippen LogP) is 2.78. The van der Waals surface area contributed by atoms with E-state index in [1.807, 2.05) is 19.2 Å². The van der Waals surface area contributed by atoms with Crippen LogP contribution in [0.25, 0.3) is 0 Å². The lowest BCUT2D eigenvalue weighted by Gasteiger charge is -2.18. The van der Waals surface area contributed by atoms with Crippen molar-refractivity contribution >= 4 is 5.91 Å². The van der Waals surface area contributed by atoms with Gasteiger partial charge in [0.05, 0.1) is 0 Å². The Bertz CT molecular complexity index is 346. The first-order valence-corrected chi connectivity index (χ1v) is 6.80. The molecule has 102 valence electrons. The van der Waals surface area contributed by atoms with Gasteiger partial charge in [0.2, 0.25) is 5.91 Å². The normalized spacial score (nSPS) is 14.5. The third-order valence-electron chi connectivity index (χ3n) is 3.11. The van der Waals surface area contributed by atoms with Crippen LogP contribution in [0.2, 0.25) is 0 Å². The molecule has 1 aromatic heterocycles. The third-order valence-corrected chi connectivity index (χ3v) is 3.11. The summed E-state index contributed by atoms with van der Waals surface area (Å²) in [6.07, 6.45) is 6.92. The molecule has 0 saturated heterocycles. The van der Waals surface area contributed by atoms with Crippen molar-refractivity contribution in [1.82, 2.24) is 15.1 Å². The van der Waals surface area contributed by atoms with Gasteiger partial charge in [0, 0.05) is 18.4 Å². The van der Waals surface area contributed by atoms with Crippen molar-refractivity contribution in [2.24, 2.45) is 5.92 Å². The van der Waals surface area contributed by atoms with E-state index < -0.39 is 0 Å². The van der Waals surface area contributed by atoms with Crippen molar-refractivity contribution in [3.8, 4) is 0 Å². The van der Waals surface area contributed by atoms with Crippen molar-refractivity contribution in [2.75, 3.05) is 0 Å². The summed E-state index contributed by atoms with van der Waals surface area (Å²) in [6.45, 7) is 8.38. The number of amides is 1. The molecule has 4 nitrogen and oxygen atoms in total. The molecule has 1 rings (SSSR count). The van der Waals surface area contributed by atoms with Gasteiger partial charge in [-0.25, -0.2) is 0 Å². The maximum absolute atomic E-state index is 12.0. The highest BCUT2D eigenvalue weighted by Gasteiger charge is 2.16. The van der Waals surface area contributed by atoms with E-state index in [1.54, 1.807) is 10.9 Å². The number of carbonyl (C=O) groups is 1. The average Bonchev–Trinajstić information content (AvgIpc) is 2.80. The molecule has 0 bridgehead atoms. The Kier molecular flexibility index (Phi) is 5.89. The summed E-state index contributed by atoms with van der Waals surface area (Å²) in [5.41, 5.74) is 0. The fraction of sp³-hybridized carbons (Fsp3) is 0.714. The highest BCUT2D eigenvalue weighted by atomic mass is 16.2. The number of rotatable bonds is 7. The highest BCUT2D eigenvalue weighted by Crippen LogP contribution is 2.09. The van der Waals surface area contributed by atoms with Gasteiger partial charge in [0.25, 0.3) is 0 Å². The van der Waals surface area contributed by atoms with E-state index in [4.69, 9.17) is 0 Å². The molecule has 1 N–H and O–H groups in total. The number of hydrogen-bond donors (Lipinski definition) is 1. The van der Waals surface area contributed by atoms with E-state index in [9.17, 15) is 4.79 Å². The number of nitrogens with one attached hydrogen (secondary N) is 1. The van der Waals surface area contributed by atoms with Gasteiger partial charge >= 0.3 is 0 Å². The van der Waals surface area contributed by atoms with Gasteiger partial charge in [-0.3, -0.25) is 9.48 Å². The van der Waals surface area contributed by atoms with Crippen LogP contribution in [-0.2, 0) is 4.79 Å². The average molecular weight is 251 g/mol. The standard InChI is InChI=1S/C14H25N3O/c1-11(2)7-5-8-12(3)16-14(18)13(4)17-10-6-9-15-17/h6,9-13H,5,7-8H2,1-4H3,(H,16,18).